The molecule has 0 aromatic carbocycles. The van der Waals surface area contributed by atoms with Gasteiger partial charge in [-0.25, -0.2) is 0 Å². The molecule has 7 heteroatoms. The predicted molar refractivity (Wildman–Crippen MR) is 126 cm³/mol. The van der Waals surface area contributed by atoms with Crippen LogP contribution < -0.4 is 11.1 Å². The number of amides is 1. The van der Waals surface area contributed by atoms with Crippen molar-refractivity contribution in [1.82, 2.24) is 5.32 Å². The third-order valence-electron chi connectivity index (χ3n) is 7.77. The summed E-state index contributed by atoms with van der Waals surface area (Å²) >= 11 is 0. The fraction of sp³-hybridized carbons (Fsp3) is 0.960. The molecule has 2 fully saturated rings. The first-order chi connectivity index (χ1) is 15.3. The average Bonchev–Trinajstić information content (AvgIpc) is 2.79. The van der Waals surface area contributed by atoms with Crippen LogP contribution in [0.3, 0.4) is 0 Å². The molecule has 2 rings (SSSR count). The van der Waals surface area contributed by atoms with Crippen molar-refractivity contribution in [3.05, 3.63) is 0 Å². The summed E-state index contributed by atoms with van der Waals surface area (Å²) in [5.41, 5.74) is 6.03. The number of aliphatic hydroxyl groups is 2. The SMILES string of the molecule is CC[C@H]1CCC[C@@H](CC)C(=O)NCCC[C@@H](CC)[C@H](OC2OC(C)C(O)C(N)C2O)CC1. The zero-order valence-corrected chi connectivity index (χ0v) is 20.7. The first-order valence-electron chi connectivity index (χ1n) is 13.0. The Labute approximate surface area is 194 Å². The smallest absolute Gasteiger partial charge is 0.223 e. The Morgan fingerprint density at radius 1 is 1.00 bits per heavy atom. The van der Waals surface area contributed by atoms with Crippen LogP contribution in [0.25, 0.3) is 0 Å². The third kappa shape index (κ3) is 7.66. The van der Waals surface area contributed by atoms with E-state index in [1.165, 1.54) is 0 Å². The van der Waals surface area contributed by atoms with E-state index in [1.807, 2.05) is 0 Å². The van der Waals surface area contributed by atoms with Gasteiger partial charge in [0.05, 0.1) is 24.4 Å². The lowest BCUT2D eigenvalue weighted by atomic mass is 9.85. The van der Waals surface area contributed by atoms with Gasteiger partial charge in [0, 0.05) is 12.5 Å². The van der Waals surface area contributed by atoms with Crippen LogP contribution in [0.5, 0.6) is 0 Å². The zero-order valence-electron chi connectivity index (χ0n) is 20.7. The maximum Gasteiger partial charge on any atom is 0.223 e. The van der Waals surface area contributed by atoms with Gasteiger partial charge in [-0.1, -0.05) is 46.5 Å². The first kappa shape index (κ1) is 27.5. The lowest BCUT2D eigenvalue weighted by Crippen LogP contribution is -2.61. The summed E-state index contributed by atoms with van der Waals surface area (Å²) in [6.07, 6.45) is 6.63. The van der Waals surface area contributed by atoms with E-state index in [0.29, 0.717) is 18.4 Å². The number of nitrogens with two attached hydrogens (primary N) is 1. The number of rotatable bonds is 5. The normalized spacial score (nSPS) is 41.0. The molecule has 7 nitrogen and oxygen atoms in total. The highest BCUT2D eigenvalue weighted by atomic mass is 16.7. The number of hydrogen-bond acceptors (Lipinski definition) is 6. The lowest BCUT2D eigenvalue weighted by molar-refractivity contribution is -0.286. The van der Waals surface area contributed by atoms with Crippen LogP contribution in [0.2, 0.25) is 0 Å². The third-order valence-corrected chi connectivity index (χ3v) is 7.77. The fourth-order valence-corrected chi connectivity index (χ4v) is 5.27. The van der Waals surface area contributed by atoms with E-state index in [4.69, 9.17) is 15.2 Å². The highest BCUT2D eigenvalue weighted by molar-refractivity contribution is 5.78. The fourth-order valence-electron chi connectivity index (χ4n) is 5.27. The number of ether oxygens (including phenoxy) is 2. The summed E-state index contributed by atoms with van der Waals surface area (Å²) in [6.45, 7) is 8.96. The first-order valence-corrected chi connectivity index (χ1v) is 13.0. The minimum absolute atomic E-state index is 0.0506. The Morgan fingerprint density at radius 2 is 1.75 bits per heavy atom. The van der Waals surface area contributed by atoms with Crippen molar-refractivity contribution < 1.29 is 24.5 Å². The van der Waals surface area contributed by atoms with Crippen LogP contribution in [-0.2, 0) is 14.3 Å². The molecule has 0 aromatic rings. The Morgan fingerprint density at radius 3 is 2.41 bits per heavy atom. The van der Waals surface area contributed by atoms with E-state index < -0.39 is 30.6 Å². The standard InChI is InChI=1S/C25H48N2O5/c1-5-17-10-8-11-19(7-3)24(30)27-15-9-12-18(6-2)20(14-13-17)32-25-23(29)21(26)22(28)16(4)31-25/h16-23,25,28-29H,5-15,26H2,1-4H3,(H,27,30)/t16?,17-,18+,19+,20+,21?,22?,23?,25?/m0/s1. The molecule has 0 spiro atoms. The van der Waals surface area contributed by atoms with E-state index in [2.05, 4.69) is 26.1 Å². The second kappa shape index (κ2) is 13.9. The van der Waals surface area contributed by atoms with E-state index in [0.717, 1.165) is 64.2 Å². The predicted octanol–water partition coefficient (Wildman–Crippen LogP) is 3.10. The van der Waals surface area contributed by atoms with Crippen LogP contribution in [0.4, 0.5) is 0 Å². The molecule has 5 N–H and O–H groups in total. The molecular formula is C25H48N2O5. The van der Waals surface area contributed by atoms with E-state index in [9.17, 15) is 15.0 Å². The summed E-state index contributed by atoms with van der Waals surface area (Å²) in [6, 6.07) is -0.785. The van der Waals surface area contributed by atoms with Gasteiger partial charge < -0.3 is 30.7 Å². The summed E-state index contributed by atoms with van der Waals surface area (Å²) in [5, 5.41) is 23.8. The van der Waals surface area contributed by atoms with Crippen molar-refractivity contribution in [2.45, 2.75) is 129 Å². The Hall–Kier alpha value is -0.730. The second-order valence-corrected chi connectivity index (χ2v) is 9.93. The summed E-state index contributed by atoms with van der Waals surface area (Å²) < 4.78 is 12.2. The molecule has 2 saturated heterocycles. The maximum absolute atomic E-state index is 12.6. The Kier molecular flexibility index (Phi) is 11.9. The molecule has 0 saturated carbocycles. The molecule has 2 aliphatic rings. The summed E-state index contributed by atoms with van der Waals surface area (Å²) in [7, 11) is 0. The molecule has 5 unspecified atom stereocenters. The summed E-state index contributed by atoms with van der Waals surface area (Å²) in [5.74, 6) is 1.23. The molecule has 32 heavy (non-hydrogen) atoms. The molecule has 0 radical (unpaired) electrons. The van der Waals surface area contributed by atoms with E-state index >= 15 is 0 Å². The van der Waals surface area contributed by atoms with Gasteiger partial charge in [-0.05, 0) is 57.3 Å². The second-order valence-electron chi connectivity index (χ2n) is 9.93. The van der Waals surface area contributed by atoms with Gasteiger partial charge in [0.25, 0.3) is 0 Å². The number of hydrogen-bond donors (Lipinski definition) is 4. The van der Waals surface area contributed by atoms with E-state index in [1.54, 1.807) is 6.92 Å². The number of nitrogens with one attached hydrogen (secondary N) is 1. The monoisotopic (exact) mass is 456 g/mol. The van der Waals surface area contributed by atoms with Crippen LogP contribution >= 0.6 is 0 Å². The molecule has 0 bridgehead atoms. The molecule has 0 aromatic heterocycles. The largest absolute Gasteiger partial charge is 0.389 e. The van der Waals surface area contributed by atoms with Gasteiger partial charge in [0.1, 0.15) is 6.10 Å². The van der Waals surface area contributed by atoms with Crippen LogP contribution in [-0.4, -0.2) is 59.4 Å². The molecule has 9 atom stereocenters. The van der Waals surface area contributed by atoms with Crippen LogP contribution in [0.15, 0.2) is 0 Å². The minimum Gasteiger partial charge on any atom is -0.389 e. The van der Waals surface area contributed by atoms with Crippen molar-refractivity contribution >= 4 is 5.91 Å². The highest BCUT2D eigenvalue weighted by Gasteiger charge is 2.42. The highest BCUT2D eigenvalue weighted by Crippen LogP contribution is 2.31. The summed E-state index contributed by atoms with van der Waals surface area (Å²) in [4.78, 5) is 12.6. The molecule has 2 heterocycles. The number of carbonyl (C=O) groups excluding carboxylic acids is 1. The Bertz CT molecular complexity index is 548. The average molecular weight is 457 g/mol. The molecule has 1 amide bonds. The van der Waals surface area contributed by atoms with Crippen molar-refractivity contribution in [1.29, 1.82) is 0 Å². The maximum atomic E-state index is 12.6. The van der Waals surface area contributed by atoms with Gasteiger partial charge in [-0.2, -0.15) is 0 Å². The van der Waals surface area contributed by atoms with Gasteiger partial charge in [-0.3, -0.25) is 4.79 Å². The molecular weight excluding hydrogens is 408 g/mol. The van der Waals surface area contributed by atoms with Gasteiger partial charge in [-0.15, -0.1) is 0 Å². The quantitative estimate of drug-likeness (QED) is 0.505. The van der Waals surface area contributed by atoms with Gasteiger partial charge >= 0.3 is 0 Å². The van der Waals surface area contributed by atoms with Crippen molar-refractivity contribution in [3.8, 4) is 0 Å². The lowest BCUT2D eigenvalue weighted by Gasteiger charge is -2.42. The van der Waals surface area contributed by atoms with Crippen molar-refractivity contribution in [3.63, 3.8) is 0 Å². The van der Waals surface area contributed by atoms with Crippen LogP contribution in [0, 0.1) is 17.8 Å². The molecule has 2 aliphatic heterocycles. The van der Waals surface area contributed by atoms with Gasteiger partial charge in [0.15, 0.2) is 6.29 Å². The topological polar surface area (TPSA) is 114 Å². The van der Waals surface area contributed by atoms with Crippen molar-refractivity contribution in [2.75, 3.05) is 6.54 Å². The minimum atomic E-state index is -1.06. The van der Waals surface area contributed by atoms with Crippen LogP contribution in [0.1, 0.15) is 91.9 Å². The Balaban J connectivity index is 2.11. The zero-order chi connectivity index (χ0) is 23.7. The van der Waals surface area contributed by atoms with E-state index in [-0.39, 0.29) is 17.9 Å². The van der Waals surface area contributed by atoms with Gasteiger partial charge in [0.2, 0.25) is 5.91 Å². The van der Waals surface area contributed by atoms with Crippen molar-refractivity contribution in [2.24, 2.45) is 23.5 Å². The number of aliphatic hydroxyl groups excluding tert-OH is 2. The molecule has 0 aliphatic carbocycles. The molecule has 188 valence electrons. The number of carbonyl (C=O) groups is 1.